The van der Waals surface area contributed by atoms with Crippen molar-refractivity contribution in [3.05, 3.63) is 21.9 Å². The normalized spacial score (nSPS) is 23.8. The fourth-order valence-electron chi connectivity index (χ4n) is 2.70. The average molecular weight is 260 g/mol. The van der Waals surface area contributed by atoms with Gasteiger partial charge in [-0.3, -0.25) is 4.79 Å². The minimum atomic E-state index is -0.276. The molecule has 0 radical (unpaired) electrons. The molecule has 1 fully saturated rings. The van der Waals surface area contributed by atoms with Crippen LogP contribution in [-0.2, 0) is 11.2 Å². The third-order valence-corrected chi connectivity index (χ3v) is 4.90. The number of nitriles is 1. The van der Waals surface area contributed by atoms with E-state index in [2.05, 4.69) is 22.8 Å². The van der Waals surface area contributed by atoms with Crippen molar-refractivity contribution in [3.63, 3.8) is 0 Å². The van der Waals surface area contributed by atoms with Crippen molar-refractivity contribution >= 4 is 17.2 Å². The first kappa shape index (κ1) is 11.7. The number of amides is 1. The van der Waals surface area contributed by atoms with Crippen LogP contribution >= 0.6 is 11.3 Å². The van der Waals surface area contributed by atoms with Gasteiger partial charge in [-0.2, -0.15) is 5.26 Å². The molecule has 1 heterocycles. The van der Waals surface area contributed by atoms with Crippen molar-refractivity contribution < 1.29 is 4.79 Å². The van der Waals surface area contributed by atoms with Gasteiger partial charge in [0.2, 0.25) is 5.91 Å². The van der Waals surface area contributed by atoms with Crippen LogP contribution in [0.15, 0.2) is 11.4 Å². The molecule has 1 amide bonds. The zero-order valence-corrected chi connectivity index (χ0v) is 11.0. The zero-order valence-electron chi connectivity index (χ0n) is 10.2. The molecular weight excluding hydrogens is 244 g/mol. The van der Waals surface area contributed by atoms with Gasteiger partial charge in [-0.05, 0) is 55.0 Å². The molecule has 1 aromatic heterocycles. The van der Waals surface area contributed by atoms with E-state index in [1.54, 1.807) is 11.3 Å². The van der Waals surface area contributed by atoms with Crippen LogP contribution in [0.2, 0.25) is 0 Å². The summed E-state index contributed by atoms with van der Waals surface area (Å²) in [4.78, 5) is 13.7. The Hall–Kier alpha value is -1.34. The fourth-order valence-corrected chi connectivity index (χ4v) is 3.69. The largest absolute Gasteiger partial charge is 0.340 e. The van der Waals surface area contributed by atoms with E-state index in [4.69, 9.17) is 5.26 Å². The Morgan fingerprint density at radius 2 is 2.33 bits per heavy atom. The van der Waals surface area contributed by atoms with Crippen molar-refractivity contribution in [1.29, 1.82) is 5.26 Å². The van der Waals surface area contributed by atoms with E-state index in [0.29, 0.717) is 5.92 Å². The summed E-state index contributed by atoms with van der Waals surface area (Å²) in [5.74, 6) is 0.409. The molecule has 3 nitrogen and oxygen atoms in total. The average Bonchev–Trinajstić information content (AvgIpc) is 3.11. The molecular formula is C14H16N2OS. The summed E-state index contributed by atoms with van der Waals surface area (Å²) in [6, 6.07) is 4.02. The molecule has 3 rings (SSSR count). The van der Waals surface area contributed by atoms with Crippen LogP contribution in [0.5, 0.6) is 0 Å². The first-order valence-electron chi connectivity index (χ1n) is 6.56. The Kier molecular flexibility index (Phi) is 3.09. The van der Waals surface area contributed by atoms with E-state index in [9.17, 15) is 4.79 Å². The summed E-state index contributed by atoms with van der Waals surface area (Å²) in [5.41, 5.74) is 1.19. The quantitative estimate of drug-likeness (QED) is 0.908. The lowest BCUT2D eigenvalue weighted by molar-refractivity contribution is -0.123. The lowest BCUT2D eigenvalue weighted by Crippen LogP contribution is -2.39. The summed E-state index contributed by atoms with van der Waals surface area (Å²) < 4.78 is 0. The second-order valence-electron chi connectivity index (χ2n) is 5.20. The maximum absolute atomic E-state index is 12.3. The van der Waals surface area contributed by atoms with Gasteiger partial charge in [-0.1, -0.05) is 0 Å². The molecule has 0 aliphatic heterocycles. The Morgan fingerprint density at radius 1 is 1.50 bits per heavy atom. The summed E-state index contributed by atoms with van der Waals surface area (Å²) in [5, 5.41) is 14.1. The number of aryl methyl sites for hydroxylation is 1. The molecule has 1 N–H and O–H groups in total. The number of hydrogen-bond donors (Lipinski definition) is 1. The van der Waals surface area contributed by atoms with Crippen molar-refractivity contribution in [2.75, 3.05) is 0 Å². The Balaban J connectivity index is 1.72. The van der Waals surface area contributed by atoms with Crippen LogP contribution in [0.1, 0.15) is 42.0 Å². The maximum Gasteiger partial charge on any atom is 0.228 e. The number of carbonyl (C=O) groups is 1. The van der Waals surface area contributed by atoms with Gasteiger partial charge < -0.3 is 5.32 Å². The van der Waals surface area contributed by atoms with Gasteiger partial charge in [-0.25, -0.2) is 0 Å². The van der Waals surface area contributed by atoms with Crippen LogP contribution in [0.25, 0.3) is 0 Å². The third-order valence-electron chi connectivity index (χ3n) is 3.90. The monoisotopic (exact) mass is 260 g/mol. The van der Waals surface area contributed by atoms with Gasteiger partial charge >= 0.3 is 0 Å². The predicted molar refractivity (Wildman–Crippen MR) is 70.3 cm³/mol. The van der Waals surface area contributed by atoms with Crippen LogP contribution < -0.4 is 5.32 Å². The lowest BCUT2D eigenvalue weighted by Gasteiger charge is -2.23. The molecule has 0 spiro atoms. The smallest absolute Gasteiger partial charge is 0.228 e. The molecule has 2 aliphatic carbocycles. The minimum Gasteiger partial charge on any atom is -0.340 e. The van der Waals surface area contributed by atoms with E-state index >= 15 is 0 Å². The van der Waals surface area contributed by atoms with Crippen LogP contribution in [0.3, 0.4) is 0 Å². The summed E-state index contributed by atoms with van der Waals surface area (Å²) >= 11 is 1.74. The van der Waals surface area contributed by atoms with Gasteiger partial charge in [0, 0.05) is 4.88 Å². The summed E-state index contributed by atoms with van der Waals surface area (Å²) in [6.45, 7) is 0. The number of nitrogens with one attached hydrogen (secondary N) is 1. The first-order chi connectivity index (χ1) is 8.79. The van der Waals surface area contributed by atoms with Crippen molar-refractivity contribution in [3.8, 4) is 6.07 Å². The zero-order chi connectivity index (χ0) is 12.5. The first-order valence-corrected chi connectivity index (χ1v) is 7.44. The van der Waals surface area contributed by atoms with Gasteiger partial charge in [-0.15, -0.1) is 11.3 Å². The molecule has 94 valence electrons. The molecule has 18 heavy (non-hydrogen) atoms. The van der Waals surface area contributed by atoms with Crippen molar-refractivity contribution in [2.45, 2.75) is 44.1 Å². The Bertz CT molecular complexity index is 498. The molecule has 2 aliphatic rings. The standard InChI is InChI=1S/C14H16N2OS/c15-8-12(9-4-5-9)16-14(17)11-2-1-3-13-10(11)6-7-18-13/h6-7,9,11-12H,1-5H2,(H,16,17). The van der Waals surface area contributed by atoms with Crippen LogP contribution in [0.4, 0.5) is 0 Å². The summed E-state index contributed by atoms with van der Waals surface area (Å²) in [6.07, 6.45) is 5.24. The van der Waals surface area contributed by atoms with Crippen LogP contribution in [-0.4, -0.2) is 11.9 Å². The molecule has 2 unspecified atom stereocenters. The van der Waals surface area contributed by atoms with E-state index in [-0.39, 0.29) is 17.9 Å². The van der Waals surface area contributed by atoms with E-state index in [0.717, 1.165) is 32.1 Å². The highest BCUT2D eigenvalue weighted by Crippen LogP contribution is 2.36. The van der Waals surface area contributed by atoms with E-state index < -0.39 is 0 Å². The molecule has 1 saturated carbocycles. The molecule has 0 bridgehead atoms. The third kappa shape index (κ3) is 2.15. The highest BCUT2D eigenvalue weighted by Gasteiger charge is 2.35. The maximum atomic E-state index is 12.3. The van der Waals surface area contributed by atoms with E-state index in [1.807, 2.05) is 0 Å². The molecule has 1 aromatic rings. The Morgan fingerprint density at radius 3 is 3.06 bits per heavy atom. The van der Waals surface area contributed by atoms with Crippen molar-refractivity contribution in [1.82, 2.24) is 5.32 Å². The number of nitrogens with zero attached hydrogens (tertiary/aromatic N) is 1. The minimum absolute atomic E-state index is 0.0328. The van der Waals surface area contributed by atoms with Gasteiger partial charge in [0.1, 0.15) is 6.04 Å². The molecule has 4 heteroatoms. The summed E-state index contributed by atoms with van der Waals surface area (Å²) in [7, 11) is 0. The Labute approximate surface area is 111 Å². The predicted octanol–water partition coefficient (Wildman–Crippen LogP) is 2.59. The van der Waals surface area contributed by atoms with Crippen molar-refractivity contribution in [2.24, 2.45) is 5.92 Å². The second kappa shape index (κ2) is 4.74. The SMILES string of the molecule is N#CC(NC(=O)C1CCCc2sccc21)C1CC1. The lowest BCUT2D eigenvalue weighted by atomic mass is 9.87. The molecule has 2 atom stereocenters. The fraction of sp³-hybridized carbons (Fsp3) is 0.571. The number of carbonyl (C=O) groups excluding carboxylic acids is 1. The highest BCUT2D eigenvalue weighted by atomic mass is 32.1. The van der Waals surface area contributed by atoms with Gasteiger partial charge in [0.25, 0.3) is 0 Å². The second-order valence-corrected chi connectivity index (χ2v) is 6.20. The number of rotatable bonds is 3. The topological polar surface area (TPSA) is 52.9 Å². The highest BCUT2D eigenvalue weighted by molar-refractivity contribution is 7.10. The van der Waals surface area contributed by atoms with Gasteiger partial charge in [0.15, 0.2) is 0 Å². The van der Waals surface area contributed by atoms with E-state index in [1.165, 1.54) is 10.4 Å². The molecule has 0 saturated heterocycles. The number of fused-ring (bicyclic) bond motifs is 1. The van der Waals surface area contributed by atoms with Crippen LogP contribution in [0, 0.1) is 17.2 Å². The number of thiophene rings is 1. The number of hydrogen-bond acceptors (Lipinski definition) is 3. The van der Waals surface area contributed by atoms with Gasteiger partial charge in [0.05, 0.1) is 12.0 Å². The molecule has 0 aromatic carbocycles.